The molecule has 5 heteroatoms. The maximum atomic E-state index is 12.3. The third-order valence-corrected chi connectivity index (χ3v) is 5.36. The molecule has 0 aliphatic heterocycles. The number of carbonyl (C=O) groups is 1. The molecule has 0 spiro atoms. The van der Waals surface area contributed by atoms with E-state index in [4.69, 9.17) is 0 Å². The van der Waals surface area contributed by atoms with Crippen LogP contribution in [-0.2, 0) is 11.2 Å². The summed E-state index contributed by atoms with van der Waals surface area (Å²) in [5, 5.41) is 6.32. The lowest BCUT2D eigenvalue weighted by atomic mass is 10.1. The molecule has 2 rings (SSSR count). The molecule has 0 bridgehead atoms. The number of nitrogens with one attached hydrogen (secondary N) is 2. The van der Waals surface area contributed by atoms with Gasteiger partial charge in [0.15, 0.2) is 0 Å². The molecule has 144 valence electrons. The third kappa shape index (κ3) is 7.57. The molecule has 0 fully saturated rings. The number of nitrogens with zero attached hydrogens (tertiary/aromatic N) is 1. The maximum Gasteiger partial charge on any atom is 0.220 e. The zero-order chi connectivity index (χ0) is 19.5. The molecule has 0 radical (unpaired) electrons. The molecule has 1 atom stereocenters. The Morgan fingerprint density at radius 2 is 2.00 bits per heavy atom. The van der Waals surface area contributed by atoms with Crippen molar-refractivity contribution < 1.29 is 4.79 Å². The minimum absolute atomic E-state index is 0.103. The van der Waals surface area contributed by atoms with E-state index in [1.165, 1.54) is 11.1 Å². The van der Waals surface area contributed by atoms with E-state index in [1.54, 1.807) is 11.8 Å². The van der Waals surface area contributed by atoms with Crippen LogP contribution < -0.4 is 10.6 Å². The summed E-state index contributed by atoms with van der Waals surface area (Å²) in [6, 6.07) is 16.5. The van der Waals surface area contributed by atoms with E-state index in [2.05, 4.69) is 47.5 Å². The van der Waals surface area contributed by atoms with Crippen LogP contribution >= 0.6 is 11.8 Å². The van der Waals surface area contributed by atoms with E-state index >= 15 is 0 Å². The number of benzene rings is 2. The fraction of sp³-hybridized carbons (Fsp3) is 0.364. The van der Waals surface area contributed by atoms with Crippen LogP contribution in [0.3, 0.4) is 0 Å². The second-order valence-corrected chi connectivity index (χ2v) is 7.73. The van der Waals surface area contributed by atoms with Crippen molar-refractivity contribution in [3.05, 3.63) is 59.7 Å². The molecule has 0 aliphatic carbocycles. The molecule has 4 nitrogen and oxygen atoms in total. The minimum Gasteiger partial charge on any atom is -0.352 e. The Bertz CT molecular complexity index is 734. The van der Waals surface area contributed by atoms with Gasteiger partial charge in [-0.1, -0.05) is 36.4 Å². The van der Waals surface area contributed by atoms with Crippen LogP contribution in [-0.4, -0.2) is 38.0 Å². The number of rotatable bonds is 11. The zero-order valence-electron chi connectivity index (χ0n) is 16.2. The Kier molecular flexibility index (Phi) is 9.08. The van der Waals surface area contributed by atoms with Crippen molar-refractivity contribution in [2.75, 3.05) is 19.3 Å². The molecule has 2 aromatic carbocycles. The molecule has 27 heavy (non-hydrogen) atoms. The summed E-state index contributed by atoms with van der Waals surface area (Å²) in [5.41, 5.74) is 3.35. The molecule has 2 aromatic rings. The van der Waals surface area contributed by atoms with Gasteiger partial charge in [0, 0.05) is 23.9 Å². The lowest BCUT2D eigenvalue weighted by Gasteiger charge is -2.18. The molecule has 2 N–H and O–H groups in total. The Morgan fingerprint density at radius 3 is 2.70 bits per heavy atom. The quantitative estimate of drug-likeness (QED) is 0.348. The first-order valence-corrected chi connectivity index (χ1v) is 10.3. The predicted molar refractivity (Wildman–Crippen MR) is 116 cm³/mol. The van der Waals surface area contributed by atoms with Crippen molar-refractivity contribution in [1.29, 1.82) is 0 Å². The van der Waals surface area contributed by atoms with Crippen molar-refractivity contribution in [3.8, 4) is 0 Å². The SMILES string of the molecule is C=Nc1ccc(C)cc1SCCCC(=O)NC(CNC)Cc1ccccc1. The lowest BCUT2D eigenvalue weighted by molar-refractivity contribution is -0.121. The van der Waals surface area contributed by atoms with E-state index in [0.29, 0.717) is 6.42 Å². The highest BCUT2D eigenvalue weighted by Crippen LogP contribution is 2.30. The average molecular weight is 384 g/mol. The summed E-state index contributed by atoms with van der Waals surface area (Å²) < 4.78 is 0. The van der Waals surface area contributed by atoms with Crippen LogP contribution in [0.4, 0.5) is 5.69 Å². The molecule has 0 aromatic heterocycles. The fourth-order valence-corrected chi connectivity index (χ4v) is 3.96. The summed E-state index contributed by atoms with van der Waals surface area (Å²) in [5.74, 6) is 0.993. The number of thioether (sulfide) groups is 1. The molecule has 0 heterocycles. The van der Waals surface area contributed by atoms with E-state index in [-0.39, 0.29) is 11.9 Å². The lowest BCUT2D eigenvalue weighted by Crippen LogP contribution is -2.42. The van der Waals surface area contributed by atoms with Crippen molar-refractivity contribution in [3.63, 3.8) is 0 Å². The van der Waals surface area contributed by atoms with Gasteiger partial charge < -0.3 is 10.6 Å². The van der Waals surface area contributed by atoms with Crippen LogP contribution in [0.15, 0.2) is 58.4 Å². The van der Waals surface area contributed by atoms with E-state index in [1.807, 2.05) is 37.4 Å². The highest BCUT2D eigenvalue weighted by molar-refractivity contribution is 7.99. The van der Waals surface area contributed by atoms with Gasteiger partial charge in [-0.25, -0.2) is 0 Å². The fourth-order valence-electron chi connectivity index (χ4n) is 2.90. The summed E-state index contributed by atoms with van der Waals surface area (Å²) in [7, 11) is 1.91. The summed E-state index contributed by atoms with van der Waals surface area (Å²) in [4.78, 5) is 17.5. The van der Waals surface area contributed by atoms with Gasteiger partial charge in [-0.3, -0.25) is 9.79 Å². The third-order valence-electron chi connectivity index (χ3n) is 4.23. The first-order chi connectivity index (χ1) is 13.1. The van der Waals surface area contributed by atoms with E-state index in [0.717, 1.165) is 35.7 Å². The standard InChI is InChI=1S/C22H29N3OS/c1-17-11-12-20(24-3)21(14-17)27-13-7-10-22(26)25-19(16-23-2)15-18-8-5-4-6-9-18/h4-6,8-9,11-12,14,19,23H,3,7,10,13,15-16H2,1-2H3,(H,25,26). The van der Waals surface area contributed by atoms with E-state index < -0.39 is 0 Å². The van der Waals surface area contributed by atoms with Crippen molar-refractivity contribution in [1.82, 2.24) is 10.6 Å². The van der Waals surface area contributed by atoms with Gasteiger partial charge in [-0.15, -0.1) is 11.8 Å². The highest BCUT2D eigenvalue weighted by Gasteiger charge is 2.12. The Morgan fingerprint density at radius 1 is 1.22 bits per heavy atom. The minimum atomic E-state index is 0.103. The van der Waals surface area contributed by atoms with Crippen LogP contribution in [0.5, 0.6) is 0 Å². The first-order valence-electron chi connectivity index (χ1n) is 9.30. The average Bonchev–Trinajstić information content (AvgIpc) is 2.66. The van der Waals surface area contributed by atoms with E-state index in [9.17, 15) is 4.79 Å². The van der Waals surface area contributed by atoms with Gasteiger partial charge in [0.2, 0.25) is 5.91 Å². The van der Waals surface area contributed by atoms with Crippen LogP contribution in [0.25, 0.3) is 0 Å². The maximum absolute atomic E-state index is 12.3. The second-order valence-electron chi connectivity index (χ2n) is 6.59. The van der Waals surface area contributed by atoms with Gasteiger partial charge in [0.05, 0.1) is 5.69 Å². The number of hydrogen-bond donors (Lipinski definition) is 2. The van der Waals surface area contributed by atoms with Gasteiger partial charge in [-0.2, -0.15) is 0 Å². The van der Waals surface area contributed by atoms with Gasteiger partial charge in [-0.05, 0) is 62.5 Å². The van der Waals surface area contributed by atoms with Crippen molar-refractivity contribution >= 4 is 30.1 Å². The van der Waals surface area contributed by atoms with Gasteiger partial charge >= 0.3 is 0 Å². The number of hydrogen-bond acceptors (Lipinski definition) is 4. The first kappa shape index (κ1) is 21.2. The van der Waals surface area contributed by atoms with Crippen molar-refractivity contribution in [2.24, 2.45) is 4.99 Å². The molecule has 0 aliphatic rings. The Hall–Kier alpha value is -2.11. The molecule has 0 saturated heterocycles. The molecular formula is C22H29N3OS. The monoisotopic (exact) mass is 383 g/mol. The van der Waals surface area contributed by atoms with Crippen molar-refractivity contribution in [2.45, 2.75) is 37.1 Å². The number of aryl methyl sites for hydroxylation is 1. The normalized spacial score (nSPS) is 11.8. The topological polar surface area (TPSA) is 53.5 Å². The number of aliphatic imine (C=N–C) groups is 1. The summed E-state index contributed by atoms with van der Waals surface area (Å²) in [6.45, 7) is 6.45. The second kappa shape index (κ2) is 11.6. The highest BCUT2D eigenvalue weighted by atomic mass is 32.2. The summed E-state index contributed by atoms with van der Waals surface area (Å²) >= 11 is 1.73. The van der Waals surface area contributed by atoms with Gasteiger partial charge in [0.1, 0.15) is 0 Å². The molecule has 0 saturated carbocycles. The number of likely N-dealkylation sites (N-methyl/N-ethyl adjacent to an activating group) is 1. The molecule has 1 unspecified atom stereocenters. The largest absolute Gasteiger partial charge is 0.352 e. The van der Waals surface area contributed by atoms with Crippen LogP contribution in [0.1, 0.15) is 24.0 Å². The predicted octanol–water partition coefficient (Wildman–Crippen LogP) is 4.15. The van der Waals surface area contributed by atoms with Gasteiger partial charge in [0.25, 0.3) is 0 Å². The zero-order valence-corrected chi connectivity index (χ0v) is 17.0. The number of carbonyl (C=O) groups excluding carboxylic acids is 1. The molecular weight excluding hydrogens is 354 g/mol. The smallest absolute Gasteiger partial charge is 0.220 e. The van der Waals surface area contributed by atoms with Crippen LogP contribution in [0, 0.1) is 6.92 Å². The Balaban J connectivity index is 1.77. The Labute approximate surface area is 166 Å². The summed E-state index contributed by atoms with van der Waals surface area (Å²) in [6.07, 6.45) is 2.20. The number of amides is 1. The molecule has 1 amide bonds. The van der Waals surface area contributed by atoms with Crippen LogP contribution in [0.2, 0.25) is 0 Å².